The van der Waals surface area contributed by atoms with E-state index in [1.54, 1.807) is 20.3 Å². The molecule has 4 rings (SSSR count). The highest BCUT2D eigenvalue weighted by atomic mass is 79.9. The van der Waals surface area contributed by atoms with Crippen molar-refractivity contribution in [3.8, 4) is 23.0 Å². The van der Waals surface area contributed by atoms with Gasteiger partial charge in [-0.1, -0.05) is 0 Å². The molecule has 1 saturated heterocycles. The van der Waals surface area contributed by atoms with Crippen LogP contribution in [0.25, 0.3) is 0 Å². The Kier molecular flexibility index (Phi) is 4.87. The highest BCUT2D eigenvalue weighted by molar-refractivity contribution is 9.10. The van der Waals surface area contributed by atoms with Crippen molar-refractivity contribution in [2.45, 2.75) is 12.3 Å². The number of ether oxygens (including phenoxy) is 4. The van der Waals surface area contributed by atoms with Crippen molar-refractivity contribution >= 4 is 21.9 Å². The van der Waals surface area contributed by atoms with Gasteiger partial charge in [0.05, 0.1) is 38.3 Å². The van der Waals surface area contributed by atoms with Crippen LogP contribution in [0, 0.1) is 11.8 Å². The van der Waals surface area contributed by atoms with Crippen molar-refractivity contribution in [3.05, 3.63) is 45.4 Å². The summed E-state index contributed by atoms with van der Waals surface area (Å²) >= 11 is 3.39. The number of fused-ring (bicyclic) bond motifs is 2. The fourth-order valence-electron chi connectivity index (χ4n) is 4.37. The smallest absolute Gasteiger partial charge is 0.310 e. The van der Waals surface area contributed by atoms with Crippen molar-refractivity contribution < 1.29 is 28.8 Å². The first-order chi connectivity index (χ1) is 13.5. The van der Waals surface area contributed by atoms with Crippen LogP contribution in [0.3, 0.4) is 0 Å². The molecule has 0 saturated carbocycles. The molecule has 6 nitrogen and oxygen atoms in total. The monoisotopic (exact) mass is 448 g/mol. The van der Waals surface area contributed by atoms with E-state index in [9.17, 15) is 9.90 Å². The van der Waals surface area contributed by atoms with Gasteiger partial charge >= 0.3 is 5.97 Å². The zero-order valence-electron chi connectivity index (χ0n) is 15.8. The second-order valence-corrected chi connectivity index (χ2v) is 7.91. The van der Waals surface area contributed by atoms with E-state index < -0.39 is 0 Å². The van der Waals surface area contributed by atoms with Crippen molar-refractivity contribution in [1.29, 1.82) is 0 Å². The van der Waals surface area contributed by atoms with E-state index in [0.29, 0.717) is 28.3 Å². The lowest BCUT2D eigenvalue weighted by atomic mass is 9.67. The Morgan fingerprint density at radius 1 is 1.04 bits per heavy atom. The van der Waals surface area contributed by atoms with Gasteiger partial charge in [0.25, 0.3) is 0 Å². The number of phenols is 1. The molecule has 0 bridgehead atoms. The molecule has 7 heteroatoms. The van der Waals surface area contributed by atoms with E-state index >= 15 is 0 Å². The minimum absolute atomic E-state index is 0.0279. The highest BCUT2D eigenvalue weighted by Gasteiger charge is 2.48. The predicted octanol–water partition coefficient (Wildman–Crippen LogP) is 3.66. The Morgan fingerprint density at radius 2 is 1.71 bits per heavy atom. The number of aromatic hydroxyl groups is 1. The van der Waals surface area contributed by atoms with Crippen molar-refractivity contribution in [1.82, 2.24) is 0 Å². The average Bonchev–Trinajstić information content (AvgIpc) is 3.07. The van der Waals surface area contributed by atoms with Crippen LogP contribution in [0.15, 0.2) is 28.7 Å². The van der Waals surface area contributed by atoms with Gasteiger partial charge < -0.3 is 24.1 Å². The molecule has 0 radical (unpaired) electrons. The molecule has 2 aliphatic rings. The van der Waals surface area contributed by atoms with Gasteiger partial charge in [0, 0.05) is 11.8 Å². The number of halogens is 1. The molecule has 1 aliphatic carbocycles. The van der Waals surface area contributed by atoms with Crippen LogP contribution in [0.1, 0.15) is 22.6 Å². The molecular weight excluding hydrogens is 428 g/mol. The zero-order valence-corrected chi connectivity index (χ0v) is 17.4. The van der Waals surface area contributed by atoms with E-state index in [-0.39, 0.29) is 29.5 Å². The van der Waals surface area contributed by atoms with Crippen LogP contribution in [-0.2, 0) is 16.0 Å². The average molecular weight is 449 g/mol. The number of hydrogen-bond acceptors (Lipinski definition) is 6. The largest absolute Gasteiger partial charge is 0.503 e. The van der Waals surface area contributed by atoms with Crippen LogP contribution >= 0.6 is 15.9 Å². The van der Waals surface area contributed by atoms with Crippen LogP contribution in [0.2, 0.25) is 0 Å². The number of benzene rings is 2. The van der Waals surface area contributed by atoms with Gasteiger partial charge in [-0.3, -0.25) is 4.79 Å². The molecule has 0 spiro atoms. The topological polar surface area (TPSA) is 74.2 Å². The second-order valence-electron chi connectivity index (χ2n) is 7.06. The lowest BCUT2D eigenvalue weighted by Crippen LogP contribution is -2.31. The van der Waals surface area contributed by atoms with Gasteiger partial charge in [0.2, 0.25) is 0 Å². The first kappa shape index (κ1) is 18.9. The summed E-state index contributed by atoms with van der Waals surface area (Å²) in [5, 5.41) is 10.2. The summed E-state index contributed by atoms with van der Waals surface area (Å²) in [4.78, 5) is 12.6. The Morgan fingerprint density at radius 3 is 2.39 bits per heavy atom. The molecule has 1 heterocycles. The van der Waals surface area contributed by atoms with Gasteiger partial charge in [0.1, 0.15) is 0 Å². The molecular formula is C21H21BrO6. The Labute approximate surface area is 171 Å². The van der Waals surface area contributed by atoms with E-state index in [4.69, 9.17) is 18.9 Å². The van der Waals surface area contributed by atoms with E-state index in [0.717, 1.165) is 23.1 Å². The van der Waals surface area contributed by atoms with E-state index in [1.165, 1.54) is 7.11 Å². The lowest BCUT2D eigenvalue weighted by Gasteiger charge is -2.34. The van der Waals surface area contributed by atoms with Crippen molar-refractivity contribution in [3.63, 3.8) is 0 Å². The third-order valence-corrected chi connectivity index (χ3v) is 6.28. The van der Waals surface area contributed by atoms with E-state index in [1.807, 2.05) is 18.2 Å². The SMILES string of the molecule is COc1cc2c(cc1OC)[C@@H](c1cc(Br)c(O)c(OC)c1)[C@H]1C(=O)OC[C@@H]1C2. The molecule has 148 valence electrons. The van der Waals surface area contributed by atoms with Crippen LogP contribution in [0.5, 0.6) is 23.0 Å². The quantitative estimate of drug-likeness (QED) is 0.719. The Bertz CT molecular complexity index is 941. The maximum absolute atomic E-state index is 12.6. The molecule has 0 aromatic heterocycles. The summed E-state index contributed by atoms with van der Waals surface area (Å²) in [7, 11) is 4.70. The highest BCUT2D eigenvalue weighted by Crippen LogP contribution is 2.51. The van der Waals surface area contributed by atoms with Crippen molar-refractivity contribution in [2.75, 3.05) is 27.9 Å². The number of phenolic OH excluding ortho intramolecular Hbond substituents is 1. The van der Waals surface area contributed by atoms with Gasteiger partial charge in [-0.05, 0) is 63.3 Å². The first-order valence-corrected chi connectivity index (χ1v) is 9.75. The van der Waals surface area contributed by atoms with Gasteiger partial charge in [0.15, 0.2) is 23.0 Å². The molecule has 1 N–H and O–H groups in total. The fraction of sp³-hybridized carbons (Fsp3) is 0.381. The second kappa shape index (κ2) is 7.20. The molecule has 1 aliphatic heterocycles. The predicted molar refractivity (Wildman–Crippen MR) is 105 cm³/mol. The lowest BCUT2D eigenvalue weighted by molar-refractivity contribution is -0.141. The summed E-state index contributed by atoms with van der Waals surface area (Å²) < 4.78 is 22.2. The number of cyclic esters (lactones) is 1. The minimum atomic E-state index is -0.299. The molecule has 2 aromatic rings. The molecule has 2 aromatic carbocycles. The minimum Gasteiger partial charge on any atom is -0.503 e. The number of carbonyl (C=O) groups is 1. The van der Waals surface area contributed by atoms with Crippen LogP contribution in [-0.4, -0.2) is 39.0 Å². The third-order valence-electron chi connectivity index (χ3n) is 5.67. The summed E-state index contributed by atoms with van der Waals surface area (Å²) in [6, 6.07) is 7.52. The number of hydrogen-bond donors (Lipinski definition) is 1. The summed E-state index contributed by atoms with van der Waals surface area (Å²) in [6.07, 6.45) is 0.735. The Hall–Kier alpha value is -2.41. The van der Waals surface area contributed by atoms with Crippen LogP contribution in [0.4, 0.5) is 0 Å². The molecule has 0 amide bonds. The normalized spacial score (nSPS) is 22.9. The number of esters is 1. The fourth-order valence-corrected chi connectivity index (χ4v) is 4.83. The number of carbonyl (C=O) groups excluding carboxylic acids is 1. The first-order valence-electron chi connectivity index (χ1n) is 8.96. The number of rotatable bonds is 4. The van der Waals surface area contributed by atoms with Crippen molar-refractivity contribution in [2.24, 2.45) is 11.8 Å². The number of methoxy groups -OCH3 is 3. The summed E-state index contributed by atoms with van der Waals surface area (Å²) in [6.45, 7) is 0.407. The Balaban J connectivity index is 1.94. The maximum Gasteiger partial charge on any atom is 0.310 e. The van der Waals surface area contributed by atoms with E-state index in [2.05, 4.69) is 15.9 Å². The zero-order chi connectivity index (χ0) is 20.0. The summed E-state index contributed by atoms with van der Waals surface area (Å²) in [5.41, 5.74) is 2.96. The summed E-state index contributed by atoms with van der Waals surface area (Å²) in [5.74, 6) is 0.996. The van der Waals surface area contributed by atoms with Gasteiger partial charge in [-0.15, -0.1) is 0 Å². The van der Waals surface area contributed by atoms with Gasteiger partial charge in [-0.2, -0.15) is 0 Å². The van der Waals surface area contributed by atoms with Crippen LogP contribution < -0.4 is 14.2 Å². The standard InChI is InChI=1S/C21H21BrO6/c1-25-15-6-10-4-12-9-28-21(24)19(12)18(13(10)8-16(15)26-2)11-5-14(22)20(23)17(7-11)27-3/h5-8,12,18-19,23H,4,9H2,1-3H3/t12-,18+,19-/m0/s1. The third kappa shape index (κ3) is 2.89. The molecule has 3 atom stereocenters. The van der Waals surface area contributed by atoms with Gasteiger partial charge in [-0.25, -0.2) is 0 Å². The molecule has 28 heavy (non-hydrogen) atoms. The molecule has 1 fully saturated rings. The maximum atomic E-state index is 12.6. The molecule has 0 unspecified atom stereocenters.